The highest BCUT2D eigenvalue weighted by Crippen LogP contribution is 2.19. The summed E-state index contributed by atoms with van der Waals surface area (Å²) in [5.74, 6) is 0.418. The second-order valence-corrected chi connectivity index (χ2v) is 6.47. The van der Waals surface area contributed by atoms with Gasteiger partial charge >= 0.3 is 0 Å². The molecule has 132 valence electrons. The van der Waals surface area contributed by atoms with Crippen LogP contribution in [0.25, 0.3) is 0 Å². The highest BCUT2D eigenvalue weighted by Gasteiger charge is 2.23. The largest absolute Gasteiger partial charge is 0.378 e. The Kier molecular flexibility index (Phi) is 4.50. The van der Waals surface area contributed by atoms with E-state index >= 15 is 0 Å². The Bertz CT molecular complexity index is 817. The van der Waals surface area contributed by atoms with E-state index in [2.05, 4.69) is 9.88 Å². The van der Waals surface area contributed by atoms with Gasteiger partial charge in [-0.25, -0.2) is 9.37 Å². The third kappa shape index (κ3) is 3.43. The Morgan fingerprint density at radius 3 is 2.80 bits per heavy atom. The molecule has 1 aromatic carbocycles. The van der Waals surface area contributed by atoms with Crippen molar-refractivity contribution >= 4 is 5.95 Å². The zero-order valence-electron chi connectivity index (χ0n) is 14.0. The van der Waals surface area contributed by atoms with Crippen molar-refractivity contribution in [3.63, 3.8) is 0 Å². The van der Waals surface area contributed by atoms with Crippen molar-refractivity contribution in [1.29, 1.82) is 0 Å². The smallest absolute Gasteiger partial charge is 0.255 e. The van der Waals surface area contributed by atoms with Gasteiger partial charge in [-0.15, -0.1) is 0 Å². The normalized spacial score (nSPS) is 18.2. The van der Waals surface area contributed by atoms with E-state index in [1.807, 2.05) is 11.0 Å². The van der Waals surface area contributed by atoms with E-state index in [0.29, 0.717) is 44.2 Å². The molecule has 0 bridgehead atoms. The molecule has 1 aromatic heterocycles. The van der Waals surface area contributed by atoms with Gasteiger partial charge in [0.05, 0.1) is 18.9 Å². The fraction of sp³-hybridized carbons (Fsp3) is 0.444. The second-order valence-electron chi connectivity index (χ2n) is 6.47. The van der Waals surface area contributed by atoms with E-state index in [0.717, 1.165) is 30.9 Å². The lowest BCUT2D eigenvalue weighted by molar-refractivity contribution is 0.122. The molecule has 7 heteroatoms. The number of ether oxygens (including phenoxy) is 1. The van der Waals surface area contributed by atoms with E-state index in [4.69, 9.17) is 9.72 Å². The van der Waals surface area contributed by atoms with Gasteiger partial charge in [0, 0.05) is 43.9 Å². The van der Waals surface area contributed by atoms with Gasteiger partial charge < -0.3 is 9.64 Å². The van der Waals surface area contributed by atoms with Gasteiger partial charge in [0.25, 0.3) is 5.56 Å². The zero-order chi connectivity index (χ0) is 17.2. The number of fused-ring (bicyclic) bond motifs is 1. The molecule has 4 rings (SSSR count). The molecule has 0 amide bonds. The van der Waals surface area contributed by atoms with Gasteiger partial charge in [-0.2, -0.15) is 0 Å². The number of benzene rings is 1. The predicted octanol–water partition coefficient (Wildman–Crippen LogP) is 1.30. The summed E-state index contributed by atoms with van der Waals surface area (Å²) in [5, 5.41) is 0. The highest BCUT2D eigenvalue weighted by atomic mass is 19.1. The standard InChI is InChI=1S/C18H21FN4O2/c19-15-4-2-1-3-13(15)11-22-6-5-14-16(12-22)20-18(21-17(14)24)23-7-9-25-10-8-23/h1-4H,5-12H2,(H,20,21,24). The van der Waals surface area contributed by atoms with E-state index in [-0.39, 0.29) is 11.4 Å². The molecule has 0 aliphatic carbocycles. The molecule has 0 spiro atoms. The molecule has 1 saturated heterocycles. The highest BCUT2D eigenvalue weighted by molar-refractivity contribution is 5.34. The Hall–Kier alpha value is -2.25. The zero-order valence-corrected chi connectivity index (χ0v) is 14.0. The second kappa shape index (κ2) is 6.93. The summed E-state index contributed by atoms with van der Waals surface area (Å²) >= 11 is 0. The quantitative estimate of drug-likeness (QED) is 0.910. The van der Waals surface area contributed by atoms with Crippen molar-refractivity contribution in [2.75, 3.05) is 37.7 Å². The third-order valence-electron chi connectivity index (χ3n) is 4.80. The number of nitrogens with zero attached hydrogens (tertiary/aromatic N) is 3. The predicted molar refractivity (Wildman–Crippen MR) is 92.1 cm³/mol. The van der Waals surface area contributed by atoms with Crippen molar-refractivity contribution in [3.8, 4) is 0 Å². The lowest BCUT2D eigenvalue weighted by atomic mass is 10.1. The molecule has 0 unspecified atom stereocenters. The first-order valence-corrected chi connectivity index (χ1v) is 8.61. The van der Waals surface area contributed by atoms with Crippen LogP contribution in [-0.2, 0) is 24.2 Å². The minimum atomic E-state index is -0.193. The lowest BCUT2D eigenvalue weighted by Crippen LogP contribution is -2.40. The molecular formula is C18H21FN4O2. The molecule has 1 fully saturated rings. The van der Waals surface area contributed by atoms with Gasteiger partial charge in [-0.1, -0.05) is 18.2 Å². The number of halogens is 1. The number of aromatic nitrogens is 2. The minimum absolute atomic E-state index is 0.0583. The molecule has 0 atom stereocenters. The number of rotatable bonds is 3. The van der Waals surface area contributed by atoms with Gasteiger partial charge in [-0.3, -0.25) is 14.7 Å². The van der Waals surface area contributed by atoms with Crippen LogP contribution in [-0.4, -0.2) is 47.7 Å². The fourth-order valence-electron chi connectivity index (χ4n) is 3.41. The summed E-state index contributed by atoms with van der Waals surface area (Å²) in [7, 11) is 0. The maximum atomic E-state index is 13.9. The summed E-state index contributed by atoms with van der Waals surface area (Å²) in [6.07, 6.45) is 0.634. The number of H-pyrrole nitrogens is 1. The van der Waals surface area contributed by atoms with E-state index in [1.54, 1.807) is 12.1 Å². The summed E-state index contributed by atoms with van der Waals surface area (Å²) in [6.45, 7) is 4.53. The molecule has 3 heterocycles. The maximum absolute atomic E-state index is 13.9. The van der Waals surface area contributed by atoms with Crippen LogP contribution in [0.2, 0.25) is 0 Å². The van der Waals surface area contributed by atoms with Gasteiger partial charge in [0.15, 0.2) is 0 Å². The number of anilines is 1. The van der Waals surface area contributed by atoms with Gasteiger partial charge in [-0.05, 0) is 12.5 Å². The van der Waals surface area contributed by atoms with Crippen molar-refractivity contribution < 1.29 is 9.13 Å². The molecular weight excluding hydrogens is 323 g/mol. The molecule has 0 radical (unpaired) electrons. The van der Waals surface area contributed by atoms with Crippen LogP contribution in [0.4, 0.5) is 10.3 Å². The Morgan fingerprint density at radius 1 is 1.20 bits per heavy atom. The van der Waals surface area contributed by atoms with E-state index < -0.39 is 0 Å². The van der Waals surface area contributed by atoms with Gasteiger partial charge in [0.1, 0.15) is 5.82 Å². The van der Waals surface area contributed by atoms with Crippen molar-refractivity contribution in [2.45, 2.75) is 19.5 Å². The number of morpholine rings is 1. The molecule has 2 aliphatic heterocycles. The van der Waals surface area contributed by atoms with Crippen LogP contribution >= 0.6 is 0 Å². The maximum Gasteiger partial charge on any atom is 0.255 e. The topological polar surface area (TPSA) is 61.5 Å². The fourth-order valence-corrected chi connectivity index (χ4v) is 3.41. The molecule has 0 saturated carbocycles. The van der Waals surface area contributed by atoms with Gasteiger partial charge in [0.2, 0.25) is 5.95 Å². The molecule has 25 heavy (non-hydrogen) atoms. The monoisotopic (exact) mass is 344 g/mol. The van der Waals surface area contributed by atoms with Crippen LogP contribution in [0, 0.1) is 5.82 Å². The van der Waals surface area contributed by atoms with Crippen LogP contribution in [0.1, 0.15) is 16.8 Å². The lowest BCUT2D eigenvalue weighted by Gasteiger charge is -2.30. The van der Waals surface area contributed by atoms with E-state index in [9.17, 15) is 9.18 Å². The molecule has 6 nitrogen and oxygen atoms in total. The molecule has 2 aromatic rings. The Morgan fingerprint density at radius 2 is 2.00 bits per heavy atom. The van der Waals surface area contributed by atoms with Crippen molar-refractivity contribution in [3.05, 3.63) is 57.3 Å². The van der Waals surface area contributed by atoms with Crippen LogP contribution < -0.4 is 10.5 Å². The molecule has 1 N–H and O–H groups in total. The summed E-state index contributed by atoms with van der Waals surface area (Å²) in [5.41, 5.74) is 2.16. The SMILES string of the molecule is O=c1[nH]c(N2CCOCC2)nc2c1CCN(Cc1ccccc1F)C2. The average molecular weight is 344 g/mol. The number of nitrogens with one attached hydrogen (secondary N) is 1. The first-order chi connectivity index (χ1) is 12.2. The van der Waals surface area contributed by atoms with Crippen molar-refractivity contribution in [1.82, 2.24) is 14.9 Å². The van der Waals surface area contributed by atoms with Crippen molar-refractivity contribution in [2.24, 2.45) is 0 Å². The number of aromatic amines is 1. The summed E-state index contributed by atoms with van der Waals surface area (Å²) in [6, 6.07) is 6.82. The average Bonchev–Trinajstić information content (AvgIpc) is 2.64. The summed E-state index contributed by atoms with van der Waals surface area (Å²) in [4.78, 5) is 24.2. The van der Waals surface area contributed by atoms with Crippen LogP contribution in [0.3, 0.4) is 0 Å². The third-order valence-corrected chi connectivity index (χ3v) is 4.80. The Labute approximate surface area is 145 Å². The first kappa shape index (κ1) is 16.2. The number of hydrogen-bond acceptors (Lipinski definition) is 5. The number of hydrogen-bond donors (Lipinski definition) is 1. The summed E-state index contributed by atoms with van der Waals surface area (Å²) < 4.78 is 19.2. The minimum Gasteiger partial charge on any atom is -0.378 e. The van der Waals surface area contributed by atoms with Crippen LogP contribution in [0.15, 0.2) is 29.1 Å². The first-order valence-electron chi connectivity index (χ1n) is 8.61. The van der Waals surface area contributed by atoms with Crippen LogP contribution in [0.5, 0.6) is 0 Å². The Balaban J connectivity index is 1.56. The molecule has 2 aliphatic rings. The van der Waals surface area contributed by atoms with E-state index in [1.165, 1.54) is 6.07 Å².